The number of benzene rings is 1. The lowest BCUT2D eigenvalue weighted by atomic mass is 9.73. The van der Waals surface area contributed by atoms with E-state index in [4.69, 9.17) is 11.6 Å². The summed E-state index contributed by atoms with van der Waals surface area (Å²) in [6, 6.07) is 5.22. The highest BCUT2D eigenvalue weighted by Crippen LogP contribution is 2.43. The molecule has 2 fully saturated rings. The first-order valence-electron chi connectivity index (χ1n) is 10.7. The first-order chi connectivity index (χ1) is 16.2. The Balaban J connectivity index is 1.24. The number of halogens is 5. The molecule has 0 radical (unpaired) electrons. The van der Waals surface area contributed by atoms with E-state index < -0.39 is 18.5 Å². The molecule has 0 amide bonds. The lowest BCUT2D eigenvalue weighted by Gasteiger charge is -2.60. The van der Waals surface area contributed by atoms with Gasteiger partial charge in [0, 0.05) is 43.2 Å². The van der Waals surface area contributed by atoms with Gasteiger partial charge < -0.3 is 9.80 Å². The summed E-state index contributed by atoms with van der Waals surface area (Å²) in [5.74, 6) is 1.08. The van der Waals surface area contributed by atoms with Crippen LogP contribution in [0.3, 0.4) is 0 Å². The third-order valence-electron chi connectivity index (χ3n) is 6.43. The van der Waals surface area contributed by atoms with Crippen LogP contribution in [0.1, 0.15) is 11.4 Å². The summed E-state index contributed by atoms with van der Waals surface area (Å²) in [6.45, 7) is 2.00. The van der Waals surface area contributed by atoms with Crippen LogP contribution in [0.25, 0.3) is 5.69 Å². The van der Waals surface area contributed by atoms with Crippen molar-refractivity contribution in [1.29, 1.82) is 0 Å². The SMILES string of the molecule is Fc1cnc(N2CC3(C2)CN(c2nnc4n2-c2ccc(Cl)cc2CN(CC(F)(F)F)C4)C3)nc1. The monoisotopic (exact) mass is 494 g/mol. The Morgan fingerprint density at radius 1 is 0.971 bits per heavy atom. The van der Waals surface area contributed by atoms with Crippen LogP contribution >= 0.6 is 11.6 Å². The lowest BCUT2D eigenvalue weighted by molar-refractivity contribution is -0.148. The third-order valence-corrected chi connectivity index (χ3v) is 6.67. The van der Waals surface area contributed by atoms with E-state index in [1.807, 2.05) is 9.47 Å². The molecule has 0 atom stereocenters. The van der Waals surface area contributed by atoms with Gasteiger partial charge in [0.2, 0.25) is 11.9 Å². The van der Waals surface area contributed by atoms with Gasteiger partial charge in [0.25, 0.3) is 0 Å². The summed E-state index contributed by atoms with van der Waals surface area (Å²) in [4.78, 5) is 13.4. The zero-order valence-electron chi connectivity index (χ0n) is 17.8. The van der Waals surface area contributed by atoms with Crippen molar-refractivity contribution < 1.29 is 17.6 Å². The van der Waals surface area contributed by atoms with Crippen LogP contribution in [0.15, 0.2) is 30.6 Å². The van der Waals surface area contributed by atoms with Gasteiger partial charge in [-0.15, -0.1) is 10.2 Å². The van der Waals surface area contributed by atoms with Crippen molar-refractivity contribution in [3.8, 4) is 5.69 Å². The van der Waals surface area contributed by atoms with Crippen LogP contribution in [-0.2, 0) is 13.1 Å². The molecule has 3 aliphatic heterocycles. The fourth-order valence-corrected chi connectivity index (χ4v) is 5.30. The second kappa shape index (κ2) is 7.51. The summed E-state index contributed by atoms with van der Waals surface area (Å²) in [5.41, 5.74) is 1.47. The molecule has 0 aliphatic carbocycles. The predicted octanol–water partition coefficient (Wildman–Crippen LogP) is 3.05. The Kier molecular flexibility index (Phi) is 4.75. The van der Waals surface area contributed by atoms with Crippen LogP contribution in [0.5, 0.6) is 0 Å². The van der Waals surface area contributed by atoms with Crippen LogP contribution in [0.4, 0.5) is 29.5 Å². The van der Waals surface area contributed by atoms with E-state index in [-0.39, 0.29) is 18.5 Å². The predicted molar refractivity (Wildman–Crippen MR) is 115 cm³/mol. The Labute approximate surface area is 196 Å². The minimum Gasteiger partial charge on any atom is -0.339 e. The van der Waals surface area contributed by atoms with E-state index in [9.17, 15) is 17.6 Å². The number of aromatic nitrogens is 5. The second-order valence-corrected chi connectivity index (χ2v) is 9.63. The molecular formula is C21H19ClF4N8. The van der Waals surface area contributed by atoms with Gasteiger partial charge in [-0.05, 0) is 23.8 Å². The van der Waals surface area contributed by atoms with E-state index >= 15 is 0 Å². The number of nitrogens with zero attached hydrogens (tertiary/aromatic N) is 8. The van der Waals surface area contributed by atoms with Crippen molar-refractivity contribution in [1.82, 2.24) is 29.6 Å². The molecule has 0 saturated carbocycles. The van der Waals surface area contributed by atoms with Crippen molar-refractivity contribution in [3.63, 3.8) is 0 Å². The number of fused-ring (bicyclic) bond motifs is 3. The van der Waals surface area contributed by atoms with Gasteiger partial charge in [-0.25, -0.2) is 14.4 Å². The zero-order valence-corrected chi connectivity index (χ0v) is 18.6. The molecule has 2 aromatic heterocycles. The molecule has 13 heteroatoms. The Bertz CT molecular complexity index is 1230. The molecule has 5 heterocycles. The Morgan fingerprint density at radius 3 is 2.38 bits per heavy atom. The fourth-order valence-electron chi connectivity index (χ4n) is 5.10. The molecule has 3 aliphatic rings. The number of rotatable bonds is 3. The largest absolute Gasteiger partial charge is 0.401 e. The van der Waals surface area contributed by atoms with E-state index in [1.165, 1.54) is 4.90 Å². The molecule has 6 rings (SSSR count). The Hall–Kier alpha value is -2.99. The Morgan fingerprint density at radius 2 is 1.68 bits per heavy atom. The highest BCUT2D eigenvalue weighted by molar-refractivity contribution is 6.30. The normalized spacial score (nSPS) is 19.3. The molecule has 0 bridgehead atoms. The number of hydrogen-bond donors (Lipinski definition) is 0. The lowest BCUT2D eigenvalue weighted by Crippen LogP contribution is -2.73. The number of hydrogen-bond acceptors (Lipinski definition) is 7. The van der Waals surface area contributed by atoms with E-state index in [1.54, 1.807) is 18.2 Å². The van der Waals surface area contributed by atoms with Gasteiger partial charge >= 0.3 is 6.18 Å². The highest BCUT2D eigenvalue weighted by Gasteiger charge is 2.54. The van der Waals surface area contributed by atoms with Crippen molar-refractivity contribution in [2.75, 3.05) is 42.5 Å². The topological polar surface area (TPSA) is 66.2 Å². The maximum Gasteiger partial charge on any atom is 0.401 e. The van der Waals surface area contributed by atoms with Crippen molar-refractivity contribution in [2.45, 2.75) is 19.3 Å². The molecule has 1 aromatic carbocycles. The maximum absolute atomic E-state index is 13.2. The van der Waals surface area contributed by atoms with Crippen LogP contribution in [-0.4, -0.2) is 68.5 Å². The standard InChI is InChI=1S/C21H19ClF4N8/c22-14-1-2-16-13(3-14)6-31(12-21(24,25)26)7-17-29-30-19(34(16)17)33-10-20(11-33)8-32(9-20)18-27-4-15(23)5-28-18/h1-5H,6-12H2. The average molecular weight is 495 g/mol. The average Bonchev–Trinajstić information content (AvgIpc) is 3.02. The van der Waals surface area contributed by atoms with Crippen LogP contribution < -0.4 is 9.80 Å². The molecule has 34 heavy (non-hydrogen) atoms. The molecule has 2 saturated heterocycles. The first-order valence-corrected chi connectivity index (χ1v) is 11.1. The molecule has 8 nitrogen and oxygen atoms in total. The number of alkyl halides is 3. The van der Waals surface area contributed by atoms with Crippen LogP contribution in [0, 0.1) is 11.2 Å². The summed E-state index contributed by atoms with van der Waals surface area (Å²) in [6.07, 6.45) is -2.03. The van der Waals surface area contributed by atoms with Gasteiger partial charge in [0.15, 0.2) is 11.6 Å². The summed E-state index contributed by atoms with van der Waals surface area (Å²) >= 11 is 6.16. The van der Waals surface area contributed by atoms with Gasteiger partial charge in [-0.3, -0.25) is 9.47 Å². The molecule has 178 valence electrons. The van der Waals surface area contributed by atoms with E-state index in [0.717, 1.165) is 44.3 Å². The van der Waals surface area contributed by atoms with Gasteiger partial charge in [-0.1, -0.05) is 11.6 Å². The van der Waals surface area contributed by atoms with Crippen molar-refractivity contribution >= 4 is 23.5 Å². The number of anilines is 2. The summed E-state index contributed by atoms with van der Waals surface area (Å²) in [5, 5.41) is 9.05. The molecule has 1 spiro atoms. The fraction of sp³-hybridized carbons (Fsp3) is 0.429. The van der Waals surface area contributed by atoms with Crippen molar-refractivity contribution in [2.24, 2.45) is 5.41 Å². The second-order valence-electron chi connectivity index (χ2n) is 9.20. The smallest absolute Gasteiger partial charge is 0.339 e. The van der Waals surface area contributed by atoms with E-state index in [2.05, 4.69) is 25.1 Å². The van der Waals surface area contributed by atoms with Crippen molar-refractivity contribution in [3.05, 3.63) is 52.8 Å². The summed E-state index contributed by atoms with van der Waals surface area (Å²) in [7, 11) is 0. The minimum atomic E-state index is -4.33. The van der Waals surface area contributed by atoms with E-state index in [0.29, 0.717) is 28.3 Å². The first kappa shape index (κ1) is 21.5. The molecule has 3 aromatic rings. The maximum atomic E-state index is 13.2. The van der Waals surface area contributed by atoms with Gasteiger partial charge in [0.05, 0.1) is 31.2 Å². The molecule has 0 unspecified atom stereocenters. The van der Waals surface area contributed by atoms with Gasteiger partial charge in [-0.2, -0.15) is 13.2 Å². The molecular weight excluding hydrogens is 476 g/mol. The minimum absolute atomic E-state index is 0.0213. The van der Waals surface area contributed by atoms with Crippen LogP contribution in [0.2, 0.25) is 5.02 Å². The molecule has 0 N–H and O–H groups in total. The van der Waals surface area contributed by atoms with Gasteiger partial charge in [0.1, 0.15) is 0 Å². The third kappa shape index (κ3) is 3.74. The highest BCUT2D eigenvalue weighted by atomic mass is 35.5. The quantitative estimate of drug-likeness (QED) is 0.518. The summed E-state index contributed by atoms with van der Waals surface area (Å²) < 4.78 is 54.4. The zero-order chi connectivity index (χ0) is 23.7.